The molecule has 1 atom stereocenters. The van der Waals surface area contributed by atoms with E-state index in [1.54, 1.807) is 42.8 Å². The lowest BCUT2D eigenvalue weighted by Crippen LogP contribution is -2.27. The molecule has 3 rings (SSSR count). The highest BCUT2D eigenvalue weighted by molar-refractivity contribution is 7.89. The zero-order valence-corrected chi connectivity index (χ0v) is 17.4. The number of benzene rings is 1. The van der Waals surface area contributed by atoms with Crippen molar-refractivity contribution >= 4 is 15.7 Å². The monoisotopic (exact) mass is 418 g/mol. The van der Waals surface area contributed by atoms with Gasteiger partial charge in [-0.1, -0.05) is 12.1 Å². The second-order valence-corrected chi connectivity index (χ2v) is 8.79. The number of nitro groups is 1. The molecule has 0 saturated carbocycles. The van der Waals surface area contributed by atoms with Crippen molar-refractivity contribution in [3.05, 3.63) is 75.5 Å². The van der Waals surface area contributed by atoms with E-state index >= 15 is 0 Å². The minimum atomic E-state index is -3.81. The maximum atomic E-state index is 13.2. The minimum absolute atomic E-state index is 0.0260. The van der Waals surface area contributed by atoms with E-state index in [0.29, 0.717) is 22.7 Å². The topological polar surface area (TPSA) is 111 Å². The van der Waals surface area contributed by atoms with Gasteiger partial charge in [-0.15, -0.1) is 0 Å². The zero-order valence-electron chi connectivity index (χ0n) is 16.6. The summed E-state index contributed by atoms with van der Waals surface area (Å²) in [5.74, 6) is 0.531. The van der Waals surface area contributed by atoms with E-state index in [9.17, 15) is 18.5 Å². The standard InChI is InChI=1S/C19H22N4O5S/c1-13-19(29(26,27)21(4)12-18-9-6-10-28-18)15(3)22(20-13)14(2)16-7-5-8-17(11-16)23(24)25/h5-11,14H,12H2,1-4H3/t14-/m1/s1. The molecule has 29 heavy (non-hydrogen) atoms. The smallest absolute Gasteiger partial charge is 0.269 e. The van der Waals surface area contributed by atoms with Crippen LogP contribution < -0.4 is 0 Å². The molecule has 154 valence electrons. The summed E-state index contributed by atoms with van der Waals surface area (Å²) in [5, 5.41) is 15.5. The first kappa shape index (κ1) is 20.7. The van der Waals surface area contributed by atoms with Crippen molar-refractivity contribution in [3.8, 4) is 0 Å². The third kappa shape index (κ3) is 3.94. The van der Waals surface area contributed by atoms with Gasteiger partial charge in [-0.2, -0.15) is 9.40 Å². The van der Waals surface area contributed by atoms with Gasteiger partial charge in [0.25, 0.3) is 5.69 Å². The highest BCUT2D eigenvalue weighted by atomic mass is 32.2. The maximum absolute atomic E-state index is 13.2. The van der Waals surface area contributed by atoms with Crippen molar-refractivity contribution in [2.45, 2.75) is 38.3 Å². The Balaban J connectivity index is 1.97. The molecule has 0 aliphatic heterocycles. The lowest BCUT2D eigenvalue weighted by atomic mass is 10.1. The second kappa shape index (κ2) is 7.80. The van der Waals surface area contributed by atoms with Crippen LogP contribution in [0.15, 0.2) is 52.0 Å². The van der Waals surface area contributed by atoms with Crippen LogP contribution in [0.2, 0.25) is 0 Å². The normalized spacial score (nSPS) is 13.0. The van der Waals surface area contributed by atoms with E-state index in [1.807, 2.05) is 6.92 Å². The van der Waals surface area contributed by atoms with Gasteiger partial charge < -0.3 is 4.42 Å². The van der Waals surface area contributed by atoms with E-state index in [-0.39, 0.29) is 23.2 Å². The zero-order chi connectivity index (χ0) is 21.3. The van der Waals surface area contributed by atoms with Crippen LogP contribution in [0.5, 0.6) is 0 Å². The highest BCUT2D eigenvalue weighted by Gasteiger charge is 2.30. The molecular weight excluding hydrogens is 396 g/mol. The molecule has 0 amide bonds. The van der Waals surface area contributed by atoms with E-state index in [2.05, 4.69) is 5.10 Å². The van der Waals surface area contributed by atoms with Crippen LogP contribution in [0.25, 0.3) is 0 Å². The van der Waals surface area contributed by atoms with Crippen LogP contribution in [0.1, 0.15) is 35.7 Å². The lowest BCUT2D eigenvalue weighted by molar-refractivity contribution is -0.384. The first-order chi connectivity index (χ1) is 13.6. The molecule has 0 saturated heterocycles. The quantitative estimate of drug-likeness (QED) is 0.429. The number of furan rings is 1. The summed E-state index contributed by atoms with van der Waals surface area (Å²) in [6.07, 6.45) is 1.49. The summed E-state index contributed by atoms with van der Waals surface area (Å²) in [5.41, 5.74) is 1.47. The third-order valence-electron chi connectivity index (χ3n) is 4.82. The van der Waals surface area contributed by atoms with Crippen LogP contribution >= 0.6 is 0 Å². The predicted octanol–water partition coefficient (Wildman–Crippen LogP) is 3.43. The Hall–Kier alpha value is -2.98. The molecule has 0 fully saturated rings. The average molecular weight is 418 g/mol. The van der Waals surface area contributed by atoms with Gasteiger partial charge in [-0.3, -0.25) is 14.8 Å². The summed E-state index contributed by atoms with van der Waals surface area (Å²) < 4.78 is 34.4. The fourth-order valence-corrected chi connectivity index (χ4v) is 4.79. The molecule has 0 spiro atoms. The first-order valence-corrected chi connectivity index (χ1v) is 10.4. The summed E-state index contributed by atoms with van der Waals surface area (Å²) in [6.45, 7) is 5.24. The molecule has 1 aromatic carbocycles. The van der Waals surface area contributed by atoms with Gasteiger partial charge in [0.2, 0.25) is 10.0 Å². The Morgan fingerprint density at radius 1 is 1.28 bits per heavy atom. The van der Waals surface area contributed by atoms with Crippen LogP contribution in [0.4, 0.5) is 5.69 Å². The van der Waals surface area contributed by atoms with Crippen LogP contribution in [0, 0.1) is 24.0 Å². The lowest BCUT2D eigenvalue weighted by Gasteiger charge is -2.18. The van der Waals surface area contributed by atoms with E-state index in [1.165, 1.54) is 29.7 Å². The fraction of sp³-hybridized carbons (Fsp3) is 0.316. The molecule has 0 bridgehead atoms. The van der Waals surface area contributed by atoms with Crippen molar-refractivity contribution in [2.24, 2.45) is 0 Å². The van der Waals surface area contributed by atoms with Crippen molar-refractivity contribution in [1.82, 2.24) is 14.1 Å². The highest BCUT2D eigenvalue weighted by Crippen LogP contribution is 2.29. The SMILES string of the molecule is Cc1nn([C@H](C)c2cccc([N+](=O)[O-])c2)c(C)c1S(=O)(=O)N(C)Cc1ccco1. The van der Waals surface area contributed by atoms with Gasteiger partial charge in [-0.05, 0) is 38.5 Å². The number of nitro benzene ring substituents is 1. The van der Waals surface area contributed by atoms with Gasteiger partial charge in [0.1, 0.15) is 10.7 Å². The molecule has 3 aromatic rings. The predicted molar refractivity (Wildman–Crippen MR) is 106 cm³/mol. The Labute approximate surface area is 168 Å². The number of sulfonamides is 1. The number of aryl methyl sites for hydroxylation is 1. The van der Waals surface area contributed by atoms with E-state index < -0.39 is 14.9 Å². The number of non-ortho nitro benzene ring substituents is 1. The number of rotatable bonds is 7. The molecule has 2 aromatic heterocycles. The van der Waals surface area contributed by atoms with E-state index in [4.69, 9.17) is 4.42 Å². The van der Waals surface area contributed by atoms with E-state index in [0.717, 1.165) is 0 Å². The van der Waals surface area contributed by atoms with Crippen molar-refractivity contribution in [2.75, 3.05) is 7.05 Å². The van der Waals surface area contributed by atoms with Crippen LogP contribution in [0.3, 0.4) is 0 Å². The van der Waals surface area contributed by atoms with Gasteiger partial charge in [-0.25, -0.2) is 8.42 Å². The Kier molecular flexibility index (Phi) is 5.58. The van der Waals surface area contributed by atoms with Crippen LogP contribution in [-0.4, -0.2) is 34.5 Å². The second-order valence-electron chi connectivity index (χ2n) is 6.81. The van der Waals surface area contributed by atoms with Crippen molar-refractivity contribution < 1.29 is 17.8 Å². The molecule has 10 heteroatoms. The molecule has 0 N–H and O–H groups in total. The average Bonchev–Trinajstić information content (AvgIpc) is 3.28. The minimum Gasteiger partial charge on any atom is -0.468 e. The summed E-state index contributed by atoms with van der Waals surface area (Å²) in [7, 11) is -2.33. The third-order valence-corrected chi connectivity index (χ3v) is 6.87. The number of nitrogens with zero attached hydrogens (tertiary/aromatic N) is 4. The molecular formula is C19H22N4O5S. The Morgan fingerprint density at radius 2 is 2.00 bits per heavy atom. The number of hydrogen-bond donors (Lipinski definition) is 0. The molecule has 9 nitrogen and oxygen atoms in total. The fourth-order valence-electron chi connectivity index (χ4n) is 3.30. The van der Waals surface area contributed by atoms with Gasteiger partial charge in [0, 0.05) is 19.2 Å². The molecule has 0 aliphatic rings. The number of hydrogen-bond acceptors (Lipinski definition) is 6. The first-order valence-electron chi connectivity index (χ1n) is 8.91. The molecule has 2 heterocycles. The molecule has 0 radical (unpaired) electrons. The largest absolute Gasteiger partial charge is 0.468 e. The Morgan fingerprint density at radius 3 is 2.62 bits per heavy atom. The van der Waals surface area contributed by atoms with Crippen molar-refractivity contribution in [3.63, 3.8) is 0 Å². The van der Waals surface area contributed by atoms with Gasteiger partial charge >= 0.3 is 0 Å². The van der Waals surface area contributed by atoms with Gasteiger partial charge in [0.15, 0.2) is 0 Å². The number of aromatic nitrogens is 2. The summed E-state index contributed by atoms with van der Waals surface area (Å²) in [4.78, 5) is 10.7. The maximum Gasteiger partial charge on any atom is 0.269 e. The van der Waals surface area contributed by atoms with Crippen molar-refractivity contribution in [1.29, 1.82) is 0 Å². The summed E-state index contributed by atoms with van der Waals surface area (Å²) in [6, 6.07) is 9.27. The van der Waals surface area contributed by atoms with Crippen LogP contribution in [-0.2, 0) is 16.6 Å². The molecule has 0 aliphatic carbocycles. The summed E-state index contributed by atoms with van der Waals surface area (Å²) >= 11 is 0. The molecule has 0 unspecified atom stereocenters. The van der Waals surface area contributed by atoms with Gasteiger partial charge in [0.05, 0.1) is 35.2 Å². The Bertz CT molecular complexity index is 1140.